The lowest BCUT2D eigenvalue weighted by molar-refractivity contribution is -0.136. The molecule has 0 bridgehead atoms. The van der Waals surface area contributed by atoms with Gasteiger partial charge in [-0.15, -0.1) is 0 Å². The number of aliphatic hydroxyl groups is 1. The molecule has 0 amide bonds. The van der Waals surface area contributed by atoms with Crippen LogP contribution < -0.4 is 5.32 Å². The Labute approximate surface area is 108 Å². The van der Waals surface area contributed by atoms with Crippen LogP contribution in [0.25, 0.3) is 0 Å². The molecule has 1 aromatic carbocycles. The average molecular weight is 251 g/mol. The summed E-state index contributed by atoms with van der Waals surface area (Å²) in [5.41, 5.74) is 3.10. The number of carbonyl (C=O) groups is 1. The molecule has 100 valence electrons. The minimum Gasteiger partial charge on any atom is -0.481 e. The van der Waals surface area contributed by atoms with E-state index < -0.39 is 12.1 Å². The first-order valence-corrected chi connectivity index (χ1v) is 6.12. The summed E-state index contributed by atoms with van der Waals surface area (Å²) in [5.74, 6) is -0.837. The first-order chi connectivity index (χ1) is 8.41. The van der Waals surface area contributed by atoms with E-state index in [1.807, 2.05) is 39.0 Å². The molecule has 0 spiro atoms. The number of benzene rings is 1. The molecule has 2 unspecified atom stereocenters. The van der Waals surface area contributed by atoms with E-state index in [1.165, 1.54) is 0 Å². The summed E-state index contributed by atoms with van der Waals surface area (Å²) in [7, 11) is 0. The maximum Gasteiger partial charge on any atom is 0.304 e. The highest BCUT2D eigenvalue weighted by Gasteiger charge is 2.17. The summed E-state index contributed by atoms with van der Waals surface area (Å²) in [4.78, 5) is 10.4. The van der Waals surface area contributed by atoms with Crippen LogP contribution in [0.1, 0.15) is 36.1 Å². The molecule has 0 aliphatic heterocycles. The van der Waals surface area contributed by atoms with Crippen LogP contribution in [0.15, 0.2) is 18.2 Å². The highest BCUT2D eigenvalue weighted by Crippen LogP contribution is 2.21. The van der Waals surface area contributed by atoms with Crippen LogP contribution in [0.4, 0.5) is 0 Å². The zero-order valence-electron chi connectivity index (χ0n) is 11.1. The third kappa shape index (κ3) is 4.13. The van der Waals surface area contributed by atoms with Gasteiger partial charge in [-0.2, -0.15) is 0 Å². The van der Waals surface area contributed by atoms with E-state index in [9.17, 15) is 9.90 Å². The fourth-order valence-electron chi connectivity index (χ4n) is 1.95. The fourth-order valence-corrected chi connectivity index (χ4v) is 1.95. The van der Waals surface area contributed by atoms with E-state index >= 15 is 0 Å². The topological polar surface area (TPSA) is 69.6 Å². The molecule has 2 atom stereocenters. The monoisotopic (exact) mass is 251 g/mol. The van der Waals surface area contributed by atoms with Gasteiger partial charge in [0.05, 0.1) is 12.5 Å². The Hall–Kier alpha value is -1.39. The normalized spacial score (nSPS) is 14.2. The van der Waals surface area contributed by atoms with Gasteiger partial charge in [-0.05, 0) is 31.9 Å². The predicted molar refractivity (Wildman–Crippen MR) is 70.6 cm³/mol. The second-order valence-corrected chi connectivity index (χ2v) is 4.69. The number of carboxylic acid groups (broad SMARTS) is 1. The van der Waals surface area contributed by atoms with Gasteiger partial charge >= 0.3 is 5.97 Å². The summed E-state index contributed by atoms with van der Waals surface area (Å²) in [6, 6.07) is 5.74. The van der Waals surface area contributed by atoms with Gasteiger partial charge in [0.1, 0.15) is 0 Å². The van der Waals surface area contributed by atoms with Crippen molar-refractivity contribution in [3.63, 3.8) is 0 Å². The Bertz CT molecular complexity index is 418. The lowest BCUT2D eigenvalue weighted by Gasteiger charge is -2.22. The van der Waals surface area contributed by atoms with E-state index in [0.29, 0.717) is 6.54 Å². The van der Waals surface area contributed by atoms with Crippen LogP contribution in [0.5, 0.6) is 0 Å². The smallest absolute Gasteiger partial charge is 0.304 e. The van der Waals surface area contributed by atoms with E-state index in [1.54, 1.807) is 0 Å². The van der Waals surface area contributed by atoms with Crippen molar-refractivity contribution < 1.29 is 15.0 Å². The fraction of sp³-hybridized carbons (Fsp3) is 0.500. The number of nitrogens with one attached hydrogen (secondary N) is 1. The van der Waals surface area contributed by atoms with Crippen molar-refractivity contribution in [3.05, 3.63) is 34.9 Å². The number of aliphatic hydroxyl groups excluding tert-OH is 1. The molecule has 3 N–H and O–H groups in total. The molecule has 0 aliphatic rings. The summed E-state index contributed by atoms with van der Waals surface area (Å²) < 4.78 is 0. The first kappa shape index (κ1) is 14.7. The van der Waals surface area contributed by atoms with Crippen LogP contribution in [0.3, 0.4) is 0 Å². The zero-order chi connectivity index (χ0) is 13.7. The Morgan fingerprint density at radius 3 is 2.61 bits per heavy atom. The van der Waals surface area contributed by atoms with Crippen LogP contribution in [0, 0.1) is 13.8 Å². The van der Waals surface area contributed by atoms with Gasteiger partial charge in [0.2, 0.25) is 0 Å². The van der Waals surface area contributed by atoms with Crippen molar-refractivity contribution in [2.45, 2.75) is 39.3 Å². The molecule has 0 fully saturated rings. The molecule has 0 radical (unpaired) electrons. The van der Waals surface area contributed by atoms with Crippen LogP contribution in [-0.2, 0) is 4.79 Å². The third-order valence-electron chi connectivity index (χ3n) is 3.02. The second-order valence-electron chi connectivity index (χ2n) is 4.69. The molecule has 0 saturated heterocycles. The SMILES string of the molecule is Cc1ccc(C(O)C(C)NCCC(=O)O)c(C)c1. The zero-order valence-corrected chi connectivity index (χ0v) is 11.1. The first-order valence-electron chi connectivity index (χ1n) is 6.12. The van der Waals surface area contributed by atoms with Crippen LogP contribution in [-0.4, -0.2) is 28.8 Å². The Kier molecular flexibility index (Phi) is 5.31. The van der Waals surface area contributed by atoms with Gasteiger partial charge in [-0.1, -0.05) is 23.8 Å². The van der Waals surface area contributed by atoms with Crippen molar-refractivity contribution in [1.82, 2.24) is 5.32 Å². The molecule has 0 aromatic heterocycles. The summed E-state index contributed by atoms with van der Waals surface area (Å²) in [6.45, 7) is 6.19. The maximum absolute atomic E-state index is 10.4. The highest BCUT2D eigenvalue weighted by atomic mass is 16.4. The Morgan fingerprint density at radius 2 is 2.06 bits per heavy atom. The highest BCUT2D eigenvalue weighted by molar-refractivity contribution is 5.66. The molecular weight excluding hydrogens is 230 g/mol. The van der Waals surface area contributed by atoms with Crippen molar-refractivity contribution in [2.75, 3.05) is 6.54 Å². The average Bonchev–Trinajstić information content (AvgIpc) is 2.27. The maximum atomic E-state index is 10.4. The molecular formula is C14H21NO3. The lowest BCUT2D eigenvalue weighted by atomic mass is 9.97. The van der Waals surface area contributed by atoms with E-state index in [4.69, 9.17) is 5.11 Å². The van der Waals surface area contributed by atoms with Gasteiger partial charge in [0.15, 0.2) is 0 Å². The molecule has 1 rings (SSSR count). The number of carboxylic acids is 1. The van der Waals surface area contributed by atoms with E-state index in [-0.39, 0.29) is 12.5 Å². The quantitative estimate of drug-likeness (QED) is 0.721. The summed E-state index contributed by atoms with van der Waals surface area (Å²) in [5, 5.41) is 21.8. The molecule has 1 aromatic rings. The molecule has 0 saturated carbocycles. The minimum atomic E-state index is -0.837. The molecule has 0 aliphatic carbocycles. The largest absolute Gasteiger partial charge is 0.481 e. The number of aryl methyl sites for hydroxylation is 2. The van der Waals surface area contributed by atoms with Gasteiger partial charge in [0, 0.05) is 12.6 Å². The van der Waals surface area contributed by atoms with Crippen molar-refractivity contribution in [3.8, 4) is 0 Å². The Morgan fingerprint density at radius 1 is 1.39 bits per heavy atom. The Balaban J connectivity index is 2.62. The van der Waals surface area contributed by atoms with Crippen molar-refractivity contribution >= 4 is 5.97 Å². The molecule has 4 heteroatoms. The van der Waals surface area contributed by atoms with Gasteiger partial charge in [-0.3, -0.25) is 4.79 Å². The van der Waals surface area contributed by atoms with Crippen molar-refractivity contribution in [2.24, 2.45) is 0 Å². The number of hydrogen-bond donors (Lipinski definition) is 3. The predicted octanol–water partition coefficient (Wildman–Crippen LogP) is 1.79. The standard InChI is InChI=1S/C14H21NO3/c1-9-4-5-12(10(2)8-9)14(18)11(3)15-7-6-13(16)17/h4-5,8,11,14-15,18H,6-7H2,1-3H3,(H,16,17). The van der Waals surface area contributed by atoms with Gasteiger partial charge < -0.3 is 15.5 Å². The summed E-state index contributed by atoms with van der Waals surface area (Å²) in [6.07, 6.45) is -0.566. The lowest BCUT2D eigenvalue weighted by Crippen LogP contribution is -2.34. The summed E-state index contributed by atoms with van der Waals surface area (Å²) >= 11 is 0. The molecule has 4 nitrogen and oxygen atoms in total. The third-order valence-corrected chi connectivity index (χ3v) is 3.02. The second kappa shape index (κ2) is 6.52. The van der Waals surface area contributed by atoms with Gasteiger partial charge in [-0.25, -0.2) is 0 Å². The number of aliphatic carboxylic acids is 1. The van der Waals surface area contributed by atoms with Crippen LogP contribution in [0.2, 0.25) is 0 Å². The number of hydrogen-bond acceptors (Lipinski definition) is 3. The minimum absolute atomic E-state index is 0.0595. The van der Waals surface area contributed by atoms with Gasteiger partial charge in [0.25, 0.3) is 0 Å². The number of rotatable bonds is 6. The van der Waals surface area contributed by atoms with Crippen molar-refractivity contribution in [1.29, 1.82) is 0 Å². The van der Waals surface area contributed by atoms with Crippen LogP contribution >= 0.6 is 0 Å². The van der Waals surface area contributed by atoms with E-state index in [0.717, 1.165) is 16.7 Å². The molecule has 0 heterocycles. The molecule has 18 heavy (non-hydrogen) atoms. The van der Waals surface area contributed by atoms with E-state index in [2.05, 4.69) is 5.32 Å².